The molecule has 0 saturated carbocycles. The molecule has 3 nitrogen and oxygen atoms in total. The highest BCUT2D eigenvalue weighted by atomic mass is 15.4. The SMILES string of the molecule is Cc1nn(-c2ccccc2)c(C)[n+]1C. The summed E-state index contributed by atoms with van der Waals surface area (Å²) in [5, 5.41) is 4.46. The summed E-state index contributed by atoms with van der Waals surface area (Å²) >= 11 is 0. The van der Waals surface area contributed by atoms with E-state index in [1.807, 2.05) is 36.9 Å². The number of benzene rings is 1. The van der Waals surface area contributed by atoms with E-state index in [0.717, 1.165) is 17.3 Å². The Hall–Kier alpha value is -1.64. The predicted octanol–water partition coefficient (Wildman–Crippen LogP) is 1.31. The van der Waals surface area contributed by atoms with Crippen molar-refractivity contribution in [1.29, 1.82) is 0 Å². The first-order chi connectivity index (χ1) is 6.70. The molecule has 0 aliphatic heterocycles. The van der Waals surface area contributed by atoms with Gasteiger partial charge >= 0.3 is 0 Å². The van der Waals surface area contributed by atoms with E-state index in [-0.39, 0.29) is 0 Å². The Balaban J connectivity index is 2.58. The van der Waals surface area contributed by atoms with Gasteiger partial charge in [0.25, 0.3) is 5.82 Å². The Bertz CT molecular complexity index is 443. The Morgan fingerprint density at radius 3 is 2.29 bits per heavy atom. The molecule has 0 bridgehead atoms. The summed E-state index contributed by atoms with van der Waals surface area (Å²) in [5.41, 5.74) is 1.11. The van der Waals surface area contributed by atoms with Crippen molar-refractivity contribution in [3.63, 3.8) is 0 Å². The summed E-state index contributed by atoms with van der Waals surface area (Å²) in [6.45, 7) is 4.07. The topological polar surface area (TPSA) is 21.7 Å². The molecule has 0 radical (unpaired) electrons. The van der Waals surface area contributed by atoms with Crippen molar-refractivity contribution in [2.24, 2.45) is 7.05 Å². The van der Waals surface area contributed by atoms with Crippen LogP contribution in [0.3, 0.4) is 0 Å². The van der Waals surface area contributed by atoms with E-state index in [1.165, 1.54) is 0 Å². The third-order valence-electron chi connectivity index (χ3n) is 2.52. The van der Waals surface area contributed by atoms with Crippen molar-refractivity contribution in [2.75, 3.05) is 0 Å². The highest BCUT2D eigenvalue weighted by Gasteiger charge is 2.16. The van der Waals surface area contributed by atoms with Crippen molar-refractivity contribution in [3.05, 3.63) is 42.0 Å². The Labute approximate surface area is 83.6 Å². The molecule has 0 fully saturated rings. The predicted molar refractivity (Wildman–Crippen MR) is 54.2 cm³/mol. The van der Waals surface area contributed by atoms with Crippen LogP contribution in [0.25, 0.3) is 5.69 Å². The molecule has 72 valence electrons. The van der Waals surface area contributed by atoms with Crippen LogP contribution in [-0.4, -0.2) is 9.78 Å². The zero-order valence-electron chi connectivity index (χ0n) is 8.73. The van der Waals surface area contributed by atoms with Gasteiger partial charge in [-0.1, -0.05) is 22.9 Å². The highest BCUT2D eigenvalue weighted by Crippen LogP contribution is 2.06. The molecule has 0 aliphatic rings. The van der Waals surface area contributed by atoms with Crippen molar-refractivity contribution in [2.45, 2.75) is 13.8 Å². The van der Waals surface area contributed by atoms with E-state index in [9.17, 15) is 0 Å². The Kier molecular flexibility index (Phi) is 2.08. The summed E-state index contributed by atoms with van der Waals surface area (Å²) < 4.78 is 4.03. The van der Waals surface area contributed by atoms with Gasteiger partial charge in [0.1, 0.15) is 5.69 Å². The summed E-state index contributed by atoms with van der Waals surface area (Å²) in [4.78, 5) is 0. The monoisotopic (exact) mass is 188 g/mol. The van der Waals surface area contributed by atoms with Crippen LogP contribution in [0, 0.1) is 13.8 Å². The first-order valence-electron chi connectivity index (χ1n) is 4.68. The van der Waals surface area contributed by atoms with Crippen LogP contribution in [0.4, 0.5) is 0 Å². The lowest BCUT2D eigenvalue weighted by atomic mass is 10.3. The molecule has 0 saturated heterocycles. The molecule has 2 aromatic rings. The number of hydrogen-bond donors (Lipinski definition) is 0. The lowest BCUT2D eigenvalue weighted by Crippen LogP contribution is -2.33. The van der Waals surface area contributed by atoms with Gasteiger partial charge in [0.15, 0.2) is 0 Å². The second-order valence-corrected chi connectivity index (χ2v) is 3.40. The van der Waals surface area contributed by atoms with Gasteiger partial charge < -0.3 is 0 Å². The van der Waals surface area contributed by atoms with Gasteiger partial charge in [0, 0.05) is 18.9 Å². The van der Waals surface area contributed by atoms with Crippen molar-refractivity contribution >= 4 is 0 Å². The van der Waals surface area contributed by atoms with Crippen LogP contribution in [0.2, 0.25) is 0 Å². The lowest BCUT2D eigenvalue weighted by molar-refractivity contribution is -0.684. The summed E-state index contributed by atoms with van der Waals surface area (Å²) in [6, 6.07) is 10.2. The smallest absolute Gasteiger partial charge is 0.235 e. The van der Waals surface area contributed by atoms with E-state index >= 15 is 0 Å². The molecule has 2 rings (SSSR count). The molecular formula is C11H14N3+. The van der Waals surface area contributed by atoms with Gasteiger partial charge in [-0.2, -0.15) is 0 Å². The van der Waals surface area contributed by atoms with E-state index < -0.39 is 0 Å². The fourth-order valence-electron chi connectivity index (χ4n) is 1.47. The van der Waals surface area contributed by atoms with E-state index in [4.69, 9.17) is 0 Å². The van der Waals surface area contributed by atoms with Crippen LogP contribution >= 0.6 is 0 Å². The molecule has 3 heteroatoms. The van der Waals surface area contributed by atoms with Crippen molar-refractivity contribution < 1.29 is 4.57 Å². The van der Waals surface area contributed by atoms with E-state index in [0.29, 0.717) is 0 Å². The maximum atomic E-state index is 4.46. The Morgan fingerprint density at radius 2 is 1.79 bits per heavy atom. The molecule has 0 spiro atoms. The number of aromatic nitrogens is 3. The molecule has 0 atom stereocenters. The number of hydrogen-bond acceptors (Lipinski definition) is 1. The van der Waals surface area contributed by atoms with Crippen LogP contribution in [0.1, 0.15) is 11.6 Å². The maximum Gasteiger partial charge on any atom is 0.274 e. The van der Waals surface area contributed by atoms with E-state index in [2.05, 4.69) is 28.7 Å². The zero-order valence-corrected chi connectivity index (χ0v) is 8.73. The zero-order chi connectivity index (χ0) is 10.1. The number of aryl methyl sites for hydroxylation is 1. The maximum absolute atomic E-state index is 4.46. The average molecular weight is 188 g/mol. The summed E-state index contributed by atoms with van der Waals surface area (Å²) in [5.74, 6) is 2.15. The van der Waals surface area contributed by atoms with Gasteiger partial charge in [0.2, 0.25) is 5.82 Å². The second kappa shape index (κ2) is 3.25. The third kappa shape index (κ3) is 1.31. The fraction of sp³-hybridized carbons (Fsp3) is 0.273. The van der Waals surface area contributed by atoms with Crippen molar-refractivity contribution in [3.8, 4) is 5.69 Å². The Morgan fingerprint density at radius 1 is 1.14 bits per heavy atom. The minimum absolute atomic E-state index is 1.02. The standard InChI is InChI=1S/C11H14N3/c1-9-12-14(10(2)13(9)3)11-7-5-4-6-8-11/h4-8H,1-3H3/q+1. The summed E-state index contributed by atoms with van der Waals surface area (Å²) in [7, 11) is 2.02. The summed E-state index contributed by atoms with van der Waals surface area (Å²) in [6.07, 6.45) is 0. The third-order valence-corrected chi connectivity index (χ3v) is 2.52. The molecule has 0 unspecified atom stereocenters. The van der Waals surface area contributed by atoms with Crippen LogP contribution in [0.15, 0.2) is 30.3 Å². The van der Waals surface area contributed by atoms with Gasteiger partial charge in [-0.05, 0) is 12.1 Å². The minimum Gasteiger partial charge on any atom is -0.235 e. The number of rotatable bonds is 1. The quantitative estimate of drug-likeness (QED) is 0.618. The molecule has 0 amide bonds. The lowest BCUT2D eigenvalue weighted by Gasteiger charge is -1.94. The number of para-hydroxylation sites is 1. The average Bonchev–Trinajstić information content (AvgIpc) is 2.47. The van der Waals surface area contributed by atoms with Crippen LogP contribution < -0.4 is 4.57 Å². The van der Waals surface area contributed by atoms with Gasteiger partial charge in [0.05, 0.1) is 7.05 Å². The van der Waals surface area contributed by atoms with Crippen molar-refractivity contribution in [1.82, 2.24) is 9.78 Å². The van der Waals surface area contributed by atoms with E-state index in [1.54, 1.807) is 0 Å². The van der Waals surface area contributed by atoms with Gasteiger partial charge in [-0.3, -0.25) is 0 Å². The minimum atomic E-state index is 1.02. The molecular weight excluding hydrogens is 174 g/mol. The molecule has 14 heavy (non-hydrogen) atoms. The van der Waals surface area contributed by atoms with Gasteiger partial charge in [-0.25, -0.2) is 4.57 Å². The molecule has 0 aliphatic carbocycles. The van der Waals surface area contributed by atoms with Crippen LogP contribution in [-0.2, 0) is 7.05 Å². The fourth-order valence-corrected chi connectivity index (χ4v) is 1.47. The van der Waals surface area contributed by atoms with Gasteiger partial charge in [-0.15, -0.1) is 0 Å². The van der Waals surface area contributed by atoms with Crippen LogP contribution in [0.5, 0.6) is 0 Å². The first-order valence-corrected chi connectivity index (χ1v) is 4.68. The molecule has 1 aromatic carbocycles. The molecule has 1 heterocycles. The normalized spacial score (nSPS) is 10.5. The largest absolute Gasteiger partial charge is 0.274 e. The molecule has 0 N–H and O–H groups in total. The first kappa shape index (κ1) is 8.94. The number of nitrogens with zero attached hydrogens (tertiary/aromatic N) is 3. The molecule has 1 aromatic heterocycles. The second-order valence-electron chi connectivity index (χ2n) is 3.40. The highest BCUT2D eigenvalue weighted by molar-refractivity contribution is 5.30.